The quantitative estimate of drug-likeness (QED) is 0.592. The second kappa shape index (κ2) is 7.32. The first-order chi connectivity index (χ1) is 13.1. The predicted molar refractivity (Wildman–Crippen MR) is 114 cm³/mol. The molecule has 1 aliphatic heterocycles. The normalized spacial score (nSPS) is 17.2. The van der Waals surface area contributed by atoms with Crippen molar-refractivity contribution in [3.63, 3.8) is 0 Å². The van der Waals surface area contributed by atoms with Crippen molar-refractivity contribution in [2.24, 2.45) is 0 Å². The zero-order valence-corrected chi connectivity index (χ0v) is 16.6. The summed E-state index contributed by atoms with van der Waals surface area (Å²) in [6, 6.07) is 27.9. The van der Waals surface area contributed by atoms with Crippen molar-refractivity contribution in [3.05, 3.63) is 106 Å². The molecule has 1 nitrogen and oxygen atoms in total. The van der Waals surface area contributed by atoms with Crippen molar-refractivity contribution in [2.45, 2.75) is 45.1 Å². The Labute approximate surface area is 163 Å². The molecule has 1 heteroatoms. The van der Waals surface area contributed by atoms with Crippen LogP contribution in [0.2, 0.25) is 0 Å². The van der Waals surface area contributed by atoms with Crippen LogP contribution in [0.3, 0.4) is 0 Å². The third kappa shape index (κ3) is 3.21. The van der Waals surface area contributed by atoms with Crippen molar-refractivity contribution in [3.8, 4) is 0 Å². The molecule has 1 aliphatic rings. The molecule has 3 aromatic carbocycles. The van der Waals surface area contributed by atoms with Gasteiger partial charge in [-0.05, 0) is 56.8 Å². The van der Waals surface area contributed by atoms with Crippen molar-refractivity contribution >= 4 is 0 Å². The standard InChI is InChI=1S/C26H29N/c1-19-6-12-22(13-7-19)26(25-5-4-18-27-25,23-14-8-20(2)9-15-23)24-16-10-21(3)11-17-24/h6-17,25,27H,4-5,18H2,1-3H3/t25-/m0/s1. The third-order valence-corrected chi connectivity index (χ3v) is 6.10. The molecule has 1 atom stereocenters. The number of benzene rings is 3. The van der Waals surface area contributed by atoms with Gasteiger partial charge in [0.1, 0.15) is 0 Å². The number of aryl methyl sites for hydroxylation is 3. The number of rotatable bonds is 4. The first-order valence-electron chi connectivity index (χ1n) is 10.1. The zero-order chi connectivity index (χ0) is 18.9. The van der Waals surface area contributed by atoms with Gasteiger partial charge in [0, 0.05) is 6.04 Å². The second-order valence-corrected chi connectivity index (χ2v) is 8.06. The van der Waals surface area contributed by atoms with E-state index in [1.54, 1.807) is 0 Å². The molecule has 0 bridgehead atoms. The Morgan fingerprint density at radius 2 is 1.00 bits per heavy atom. The van der Waals surface area contributed by atoms with Crippen LogP contribution in [0, 0.1) is 20.8 Å². The number of hydrogen-bond acceptors (Lipinski definition) is 1. The molecule has 0 unspecified atom stereocenters. The van der Waals surface area contributed by atoms with Gasteiger partial charge in [0.05, 0.1) is 5.41 Å². The van der Waals surface area contributed by atoms with Gasteiger partial charge >= 0.3 is 0 Å². The van der Waals surface area contributed by atoms with Crippen LogP contribution in [0.5, 0.6) is 0 Å². The summed E-state index contributed by atoms with van der Waals surface area (Å²) in [4.78, 5) is 0. The van der Waals surface area contributed by atoms with E-state index in [0.717, 1.165) is 6.54 Å². The fourth-order valence-corrected chi connectivity index (χ4v) is 4.61. The molecule has 0 aliphatic carbocycles. The molecule has 1 heterocycles. The Morgan fingerprint density at radius 3 is 1.30 bits per heavy atom. The fourth-order valence-electron chi connectivity index (χ4n) is 4.61. The molecular weight excluding hydrogens is 326 g/mol. The van der Waals surface area contributed by atoms with E-state index in [1.807, 2.05) is 0 Å². The van der Waals surface area contributed by atoms with Crippen LogP contribution in [0.4, 0.5) is 0 Å². The summed E-state index contributed by atoms with van der Waals surface area (Å²) >= 11 is 0. The Bertz CT molecular complexity index is 772. The first kappa shape index (κ1) is 18.0. The molecular formula is C26H29N. The predicted octanol–water partition coefficient (Wildman–Crippen LogP) is 5.70. The lowest BCUT2D eigenvalue weighted by molar-refractivity contribution is 0.435. The second-order valence-electron chi connectivity index (χ2n) is 8.06. The first-order valence-corrected chi connectivity index (χ1v) is 10.1. The van der Waals surface area contributed by atoms with Crippen molar-refractivity contribution in [2.75, 3.05) is 6.54 Å². The van der Waals surface area contributed by atoms with Crippen LogP contribution in [0.15, 0.2) is 72.8 Å². The SMILES string of the molecule is Cc1ccc(C(c2ccc(C)cc2)(c2ccc(C)cc2)[C@@H]2CCCN2)cc1. The number of hydrogen-bond donors (Lipinski definition) is 1. The molecule has 0 radical (unpaired) electrons. The van der Waals surface area contributed by atoms with Crippen molar-refractivity contribution in [1.82, 2.24) is 5.32 Å². The average Bonchev–Trinajstić information content (AvgIpc) is 3.21. The molecule has 0 amide bonds. The molecule has 1 N–H and O–H groups in total. The summed E-state index contributed by atoms with van der Waals surface area (Å²) in [5.74, 6) is 0. The van der Waals surface area contributed by atoms with E-state index in [-0.39, 0.29) is 5.41 Å². The fraction of sp³-hybridized carbons (Fsp3) is 0.308. The van der Waals surface area contributed by atoms with Crippen molar-refractivity contribution < 1.29 is 0 Å². The highest BCUT2D eigenvalue weighted by Crippen LogP contribution is 2.45. The largest absolute Gasteiger partial charge is 0.312 e. The van der Waals surface area contributed by atoms with Gasteiger partial charge in [0.2, 0.25) is 0 Å². The van der Waals surface area contributed by atoms with Crippen LogP contribution < -0.4 is 5.32 Å². The minimum absolute atomic E-state index is 0.175. The monoisotopic (exact) mass is 355 g/mol. The minimum Gasteiger partial charge on any atom is -0.312 e. The molecule has 1 fully saturated rings. The van der Waals surface area contributed by atoms with Gasteiger partial charge in [0.15, 0.2) is 0 Å². The summed E-state index contributed by atoms with van der Waals surface area (Å²) < 4.78 is 0. The van der Waals surface area contributed by atoms with E-state index >= 15 is 0 Å². The van der Waals surface area contributed by atoms with Crippen LogP contribution in [-0.4, -0.2) is 12.6 Å². The van der Waals surface area contributed by atoms with E-state index in [4.69, 9.17) is 0 Å². The molecule has 3 aromatic rings. The Hall–Kier alpha value is -2.38. The molecule has 0 spiro atoms. The Kier molecular flexibility index (Phi) is 4.88. The lowest BCUT2D eigenvalue weighted by Gasteiger charge is -2.41. The minimum atomic E-state index is -0.175. The third-order valence-electron chi connectivity index (χ3n) is 6.10. The summed E-state index contributed by atoms with van der Waals surface area (Å²) in [5, 5.41) is 3.84. The molecule has 138 valence electrons. The van der Waals surface area contributed by atoms with Crippen LogP contribution in [0.1, 0.15) is 46.2 Å². The maximum absolute atomic E-state index is 3.84. The highest BCUT2D eigenvalue weighted by Gasteiger charge is 2.44. The topological polar surface area (TPSA) is 12.0 Å². The summed E-state index contributed by atoms with van der Waals surface area (Å²) in [6.07, 6.45) is 2.42. The van der Waals surface area contributed by atoms with E-state index < -0.39 is 0 Å². The van der Waals surface area contributed by atoms with E-state index in [9.17, 15) is 0 Å². The molecule has 27 heavy (non-hydrogen) atoms. The van der Waals surface area contributed by atoms with E-state index in [1.165, 1.54) is 46.2 Å². The lowest BCUT2D eigenvalue weighted by Crippen LogP contribution is -2.47. The van der Waals surface area contributed by atoms with Crippen molar-refractivity contribution in [1.29, 1.82) is 0 Å². The Morgan fingerprint density at radius 1 is 0.630 bits per heavy atom. The summed E-state index contributed by atoms with van der Waals surface area (Å²) in [7, 11) is 0. The number of nitrogens with one attached hydrogen (secondary N) is 1. The zero-order valence-electron chi connectivity index (χ0n) is 16.6. The van der Waals surface area contributed by atoms with Gasteiger partial charge in [0.25, 0.3) is 0 Å². The van der Waals surface area contributed by atoms with Gasteiger partial charge in [-0.25, -0.2) is 0 Å². The van der Waals surface area contributed by atoms with Gasteiger partial charge < -0.3 is 5.32 Å². The molecule has 0 saturated carbocycles. The van der Waals surface area contributed by atoms with Gasteiger partial charge in [-0.2, -0.15) is 0 Å². The molecule has 4 rings (SSSR count). The average molecular weight is 356 g/mol. The van der Waals surface area contributed by atoms with Crippen LogP contribution in [0.25, 0.3) is 0 Å². The van der Waals surface area contributed by atoms with E-state index in [2.05, 4.69) is 98.9 Å². The maximum Gasteiger partial charge on any atom is 0.0604 e. The van der Waals surface area contributed by atoms with Gasteiger partial charge in [-0.15, -0.1) is 0 Å². The summed E-state index contributed by atoms with van der Waals surface area (Å²) in [5.41, 5.74) is 7.87. The summed E-state index contributed by atoms with van der Waals surface area (Å²) in [6.45, 7) is 7.58. The molecule has 1 saturated heterocycles. The highest BCUT2D eigenvalue weighted by atomic mass is 15.0. The highest BCUT2D eigenvalue weighted by molar-refractivity contribution is 5.54. The molecule has 0 aromatic heterocycles. The van der Waals surface area contributed by atoms with Crippen LogP contribution >= 0.6 is 0 Å². The lowest BCUT2D eigenvalue weighted by atomic mass is 9.64. The maximum atomic E-state index is 3.84. The van der Waals surface area contributed by atoms with Crippen LogP contribution in [-0.2, 0) is 5.41 Å². The van der Waals surface area contributed by atoms with Gasteiger partial charge in [-0.3, -0.25) is 0 Å². The van der Waals surface area contributed by atoms with E-state index in [0.29, 0.717) is 6.04 Å². The Balaban J connectivity index is 2.02. The van der Waals surface area contributed by atoms with Gasteiger partial charge in [-0.1, -0.05) is 89.5 Å². The smallest absolute Gasteiger partial charge is 0.0604 e.